The van der Waals surface area contributed by atoms with Gasteiger partial charge in [-0.1, -0.05) is 6.07 Å². The van der Waals surface area contributed by atoms with Gasteiger partial charge >= 0.3 is 0 Å². The molecule has 0 spiro atoms. The molecule has 0 fully saturated rings. The van der Waals surface area contributed by atoms with Gasteiger partial charge in [0.15, 0.2) is 0 Å². The van der Waals surface area contributed by atoms with Crippen molar-refractivity contribution >= 4 is 15.7 Å². The lowest BCUT2D eigenvalue weighted by atomic mass is 10.2. The molecule has 1 aromatic carbocycles. The smallest absolute Gasteiger partial charge is 0.237 e. The maximum absolute atomic E-state index is 11.0. The van der Waals surface area contributed by atoms with Crippen LogP contribution in [0.1, 0.15) is 5.56 Å². The average molecular weight is 185 g/mol. The molecule has 5 heteroatoms. The fraction of sp³-hybridized carbons (Fsp3) is 0.143. The summed E-state index contributed by atoms with van der Waals surface area (Å²) in [5, 5.41) is 9.26. The second-order valence-electron chi connectivity index (χ2n) is 2.66. The number of hydrogen-bond donors (Lipinski definition) is 2. The molecule has 64 valence electrons. The van der Waals surface area contributed by atoms with Gasteiger partial charge in [0.05, 0.1) is 11.4 Å². The molecule has 0 atom stereocenters. The second kappa shape index (κ2) is 2.13. The third kappa shape index (κ3) is 1.02. The van der Waals surface area contributed by atoms with E-state index >= 15 is 0 Å². The molecule has 1 aromatic rings. The van der Waals surface area contributed by atoms with Gasteiger partial charge in [0.2, 0.25) is 10.0 Å². The van der Waals surface area contributed by atoms with Crippen molar-refractivity contribution in [3.63, 3.8) is 0 Å². The first-order valence-corrected chi connectivity index (χ1v) is 5.05. The van der Waals surface area contributed by atoms with Crippen LogP contribution in [-0.2, 0) is 15.8 Å². The predicted octanol–water partition coefficient (Wildman–Crippen LogP) is 0.647. The van der Waals surface area contributed by atoms with E-state index in [4.69, 9.17) is 0 Å². The molecule has 0 aromatic heterocycles. The molecule has 0 aliphatic carbocycles. The standard InChI is InChI=1S/C7H7NO3S/c9-7-3-1-2-6-5(7)4-12(10,11)8-6/h1-3,8-9H,4H2. The summed E-state index contributed by atoms with van der Waals surface area (Å²) in [6.07, 6.45) is 0. The minimum atomic E-state index is -3.24. The Bertz CT molecular complexity index is 424. The first-order valence-electron chi connectivity index (χ1n) is 3.40. The SMILES string of the molecule is O=S1(=O)Cc2c(O)cccc2N1. The summed E-state index contributed by atoms with van der Waals surface area (Å²) in [4.78, 5) is 0. The van der Waals surface area contributed by atoms with Crippen LogP contribution in [0.25, 0.3) is 0 Å². The molecule has 1 aliphatic heterocycles. The zero-order valence-electron chi connectivity index (χ0n) is 6.11. The molecule has 1 aliphatic rings. The maximum atomic E-state index is 11.0. The fourth-order valence-corrected chi connectivity index (χ4v) is 2.50. The molecule has 4 nitrogen and oxygen atoms in total. The summed E-state index contributed by atoms with van der Waals surface area (Å²) < 4.78 is 24.4. The van der Waals surface area contributed by atoms with Crippen molar-refractivity contribution in [1.29, 1.82) is 0 Å². The van der Waals surface area contributed by atoms with Crippen LogP contribution in [0.5, 0.6) is 5.75 Å². The summed E-state index contributed by atoms with van der Waals surface area (Å²) in [6, 6.07) is 4.70. The normalized spacial score (nSPS) is 18.3. The molecule has 0 saturated carbocycles. The molecule has 2 N–H and O–H groups in total. The summed E-state index contributed by atoms with van der Waals surface area (Å²) >= 11 is 0. The van der Waals surface area contributed by atoms with Crippen molar-refractivity contribution in [2.75, 3.05) is 4.72 Å². The van der Waals surface area contributed by atoms with Gasteiger partial charge in [-0.05, 0) is 12.1 Å². The Morgan fingerprint density at radius 1 is 1.42 bits per heavy atom. The molecular weight excluding hydrogens is 178 g/mol. The van der Waals surface area contributed by atoms with E-state index in [-0.39, 0.29) is 11.5 Å². The highest BCUT2D eigenvalue weighted by Gasteiger charge is 2.25. The minimum absolute atomic E-state index is 0.0288. The Balaban J connectivity index is 2.63. The highest BCUT2D eigenvalue weighted by atomic mass is 32.2. The number of aromatic hydroxyl groups is 1. The Morgan fingerprint density at radius 2 is 2.17 bits per heavy atom. The lowest BCUT2D eigenvalue weighted by molar-refractivity contribution is 0.471. The Kier molecular flexibility index (Phi) is 1.32. The largest absolute Gasteiger partial charge is 0.508 e. The van der Waals surface area contributed by atoms with Crippen LogP contribution < -0.4 is 4.72 Å². The topological polar surface area (TPSA) is 66.4 Å². The second-order valence-corrected chi connectivity index (χ2v) is 4.39. The van der Waals surface area contributed by atoms with Crippen LogP contribution >= 0.6 is 0 Å². The zero-order valence-corrected chi connectivity index (χ0v) is 6.93. The number of anilines is 1. The number of rotatable bonds is 0. The average Bonchev–Trinajstić information content (AvgIpc) is 2.25. The summed E-state index contributed by atoms with van der Waals surface area (Å²) in [5.74, 6) is -0.101. The third-order valence-corrected chi connectivity index (χ3v) is 2.95. The molecule has 12 heavy (non-hydrogen) atoms. The maximum Gasteiger partial charge on any atom is 0.237 e. The van der Waals surface area contributed by atoms with Gasteiger partial charge in [-0.2, -0.15) is 0 Å². The van der Waals surface area contributed by atoms with E-state index in [1.54, 1.807) is 12.1 Å². The third-order valence-electron chi connectivity index (χ3n) is 1.75. The molecule has 1 heterocycles. The highest BCUT2D eigenvalue weighted by molar-refractivity contribution is 7.92. The quantitative estimate of drug-likeness (QED) is 0.623. The number of phenolic OH excluding ortho intramolecular Hbond substituents is 1. The van der Waals surface area contributed by atoms with Gasteiger partial charge in [-0.15, -0.1) is 0 Å². The van der Waals surface area contributed by atoms with Crippen LogP contribution in [0.3, 0.4) is 0 Å². The minimum Gasteiger partial charge on any atom is -0.508 e. The van der Waals surface area contributed by atoms with Crippen LogP contribution in [-0.4, -0.2) is 13.5 Å². The van der Waals surface area contributed by atoms with Gasteiger partial charge in [-0.25, -0.2) is 8.42 Å². The number of phenols is 1. The molecule has 0 radical (unpaired) electrons. The van der Waals surface area contributed by atoms with Crippen molar-refractivity contribution in [2.45, 2.75) is 5.75 Å². The summed E-state index contributed by atoms with van der Waals surface area (Å²) in [7, 11) is -3.24. The Labute approximate surface area is 69.9 Å². The van der Waals surface area contributed by atoms with E-state index in [0.29, 0.717) is 11.3 Å². The molecule has 0 bridgehead atoms. The van der Waals surface area contributed by atoms with Crippen LogP contribution in [0.4, 0.5) is 5.69 Å². The molecule has 0 unspecified atom stereocenters. The lowest BCUT2D eigenvalue weighted by Crippen LogP contribution is -2.05. The number of sulfonamides is 1. The van der Waals surface area contributed by atoms with E-state index < -0.39 is 10.0 Å². The van der Waals surface area contributed by atoms with Crippen molar-refractivity contribution in [3.05, 3.63) is 23.8 Å². The van der Waals surface area contributed by atoms with Gasteiger partial charge in [-0.3, -0.25) is 4.72 Å². The Hall–Kier alpha value is -1.23. The van der Waals surface area contributed by atoms with E-state index in [2.05, 4.69) is 4.72 Å². The van der Waals surface area contributed by atoms with E-state index in [9.17, 15) is 13.5 Å². The lowest BCUT2D eigenvalue weighted by Gasteiger charge is -1.97. The summed E-state index contributed by atoms with van der Waals surface area (Å²) in [6.45, 7) is 0. The molecule has 0 saturated heterocycles. The van der Waals surface area contributed by atoms with Crippen LogP contribution in [0.15, 0.2) is 18.2 Å². The van der Waals surface area contributed by atoms with E-state index in [1.807, 2.05) is 0 Å². The van der Waals surface area contributed by atoms with Crippen molar-refractivity contribution in [3.8, 4) is 5.75 Å². The molecule has 2 rings (SSSR count). The van der Waals surface area contributed by atoms with E-state index in [0.717, 1.165) is 0 Å². The predicted molar refractivity (Wildman–Crippen MR) is 44.4 cm³/mol. The van der Waals surface area contributed by atoms with Gasteiger partial charge in [0.1, 0.15) is 5.75 Å². The molecular formula is C7H7NO3S. The van der Waals surface area contributed by atoms with Gasteiger partial charge in [0, 0.05) is 5.56 Å². The fourth-order valence-electron chi connectivity index (χ4n) is 1.22. The molecule has 0 amide bonds. The van der Waals surface area contributed by atoms with Gasteiger partial charge < -0.3 is 5.11 Å². The number of benzene rings is 1. The number of hydrogen-bond acceptors (Lipinski definition) is 3. The zero-order chi connectivity index (χ0) is 8.77. The first kappa shape index (κ1) is 7.42. The van der Waals surface area contributed by atoms with Crippen molar-refractivity contribution in [2.24, 2.45) is 0 Å². The van der Waals surface area contributed by atoms with Gasteiger partial charge in [0.25, 0.3) is 0 Å². The highest BCUT2D eigenvalue weighted by Crippen LogP contribution is 2.33. The Morgan fingerprint density at radius 3 is 2.83 bits per heavy atom. The summed E-state index contributed by atoms with van der Waals surface area (Å²) in [5.41, 5.74) is 0.938. The first-order chi connectivity index (χ1) is 5.58. The van der Waals surface area contributed by atoms with Crippen molar-refractivity contribution in [1.82, 2.24) is 0 Å². The van der Waals surface area contributed by atoms with Crippen LogP contribution in [0, 0.1) is 0 Å². The van der Waals surface area contributed by atoms with Crippen LogP contribution in [0.2, 0.25) is 0 Å². The monoisotopic (exact) mass is 185 g/mol. The van der Waals surface area contributed by atoms with E-state index in [1.165, 1.54) is 6.07 Å². The number of nitrogens with one attached hydrogen (secondary N) is 1. The van der Waals surface area contributed by atoms with Crippen molar-refractivity contribution < 1.29 is 13.5 Å². The number of fused-ring (bicyclic) bond motifs is 1.